The molecular weight excluding hydrogens is 393 g/mol. The van der Waals surface area contributed by atoms with Gasteiger partial charge in [-0.25, -0.2) is 4.39 Å². The molecule has 0 saturated heterocycles. The van der Waals surface area contributed by atoms with Gasteiger partial charge in [0.15, 0.2) is 5.82 Å². The third-order valence-corrected chi connectivity index (χ3v) is 6.98. The van der Waals surface area contributed by atoms with E-state index in [1.165, 1.54) is 6.42 Å². The minimum Gasteiger partial charge on any atom is -0.307 e. The van der Waals surface area contributed by atoms with Gasteiger partial charge in [0.1, 0.15) is 0 Å². The van der Waals surface area contributed by atoms with Crippen LogP contribution in [0.4, 0.5) is 4.39 Å². The highest BCUT2D eigenvalue weighted by Crippen LogP contribution is 2.42. The highest BCUT2D eigenvalue weighted by atomic mass is 35.5. The van der Waals surface area contributed by atoms with E-state index < -0.39 is 5.82 Å². The lowest BCUT2D eigenvalue weighted by Crippen LogP contribution is -2.17. The maximum Gasteiger partial charge on any atom is 0.166 e. The lowest BCUT2D eigenvalue weighted by Gasteiger charge is -2.25. The van der Waals surface area contributed by atoms with Crippen molar-refractivity contribution >= 4 is 34.3 Å². The van der Waals surface area contributed by atoms with Gasteiger partial charge >= 0.3 is 0 Å². The number of benzene rings is 2. The molecule has 3 nitrogen and oxygen atoms in total. The van der Waals surface area contributed by atoms with Crippen molar-refractivity contribution in [2.75, 3.05) is 0 Å². The second-order valence-corrected chi connectivity index (χ2v) is 8.68. The van der Waals surface area contributed by atoms with Crippen LogP contribution in [0.3, 0.4) is 0 Å². The molecule has 6 heteroatoms. The fourth-order valence-corrected chi connectivity index (χ4v) is 4.95. The van der Waals surface area contributed by atoms with Crippen LogP contribution in [0, 0.1) is 12.7 Å². The van der Waals surface area contributed by atoms with Crippen LogP contribution < -0.4 is 0 Å². The third-order valence-electron chi connectivity index (χ3n) is 5.46. The zero-order valence-electron chi connectivity index (χ0n) is 15.4. The van der Waals surface area contributed by atoms with Gasteiger partial charge in [0.05, 0.1) is 28.5 Å². The molecule has 0 bridgehead atoms. The van der Waals surface area contributed by atoms with Crippen LogP contribution >= 0.6 is 23.4 Å². The Bertz CT molecular complexity index is 1160. The average Bonchev–Trinajstić information content (AvgIpc) is 3.22. The maximum absolute atomic E-state index is 15.1. The molecule has 0 N–H and O–H groups in total. The fourth-order valence-electron chi connectivity index (χ4n) is 3.76. The quantitative estimate of drug-likeness (QED) is 0.368. The van der Waals surface area contributed by atoms with E-state index in [1.54, 1.807) is 17.8 Å². The van der Waals surface area contributed by atoms with Crippen LogP contribution in [0.5, 0.6) is 0 Å². The van der Waals surface area contributed by atoms with Crippen LogP contribution in [-0.2, 0) is 0 Å². The Hall–Kier alpha value is -2.24. The van der Waals surface area contributed by atoms with Gasteiger partial charge in [0.2, 0.25) is 0 Å². The first-order chi connectivity index (χ1) is 13.6. The van der Waals surface area contributed by atoms with E-state index in [9.17, 15) is 0 Å². The van der Waals surface area contributed by atoms with Crippen molar-refractivity contribution in [3.63, 3.8) is 0 Å². The first kappa shape index (κ1) is 17.8. The smallest absolute Gasteiger partial charge is 0.166 e. The van der Waals surface area contributed by atoms with E-state index in [2.05, 4.69) is 17.2 Å². The predicted molar refractivity (Wildman–Crippen MR) is 112 cm³/mol. The number of nitrogens with zero attached hydrogens (tertiary/aromatic N) is 3. The molecule has 1 aliphatic carbocycles. The largest absolute Gasteiger partial charge is 0.307 e. The molecule has 0 unspecified atom stereocenters. The summed E-state index contributed by atoms with van der Waals surface area (Å²) in [5.74, 6) is -0.390. The standard InChI is InChI=1S/C22H19ClFN3S/c1-14-22(28-17-8-3-2-4-9-17)18-10-11-19(23)20(24)21(18)27(14)16-12-25-26(13-16)15-6-5-7-15/h2-4,8-13,15H,5-7H2,1H3. The Kier molecular flexibility index (Phi) is 4.44. The topological polar surface area (TPSA) is 22.8 Å². The van der Waals surface area contributed by atoms with E-state index in [4.69, 9.17) is 11.6 Å². The highest BCUT2D eigenvalue weighted by molar-refractivity contribution is 7.99. The number of fused-ring (bicyclic) bond motifs is 1. The van der Waals surface area contributed by atoms with Gasteiger partial charge in [0.25, 0.3) is 0 Å². The minimum atomic E-state index is -0.390. The van der Waals surface area contributed by atoms with E-state index >= 15 is 4.39 Å². The normalized spacial score (nSPS) is 14.5. The molecule has 4 aromatic rings. The third kappa shape index (κ3) is 2.85. The van der Waals surface area contributed by atoms with E-state index in [-0.39, 0.29) is 5.02 Å². The van der Waals surface area contributed by atoms with Gasteiger partial charge in [0, 0.05) is 27.1 Å². The zero-order valence-corrected chi connectivity index (χ0v) is 17.0. The SMILES string of the molecule is Cc1c(Sc2ccccc2)c2ccc(Cl)c(F)c2n1-c1cnn(C2CCC2)c1. The Morgan fingerprint density at radius 2 is 1.93 bits per heavy atom. The summed E-state index contributed by atoms with van der Waals surface area (Å²) >= 11 is 7.78. The van der Waals surface area contributed by atoms with Gasteiger partial charge in [-0.15, -0.1) is 0 Å². The molecule has 2 aromatic heterocycles. The lowest BCUT2D eigenvalue weighted by atomic mass is 9.93. The van der Waals surface area contributed by atoms with Crippen molar-refractivity contribution in [2.24, 2.45) is 0 Å². The summed E-state index contributed by atoms with van der Waals surface area (Å²) in [6.45, 7) is 2.03. The Labute approximate surface area is 172 Å². The molecule has 1 fully saturated rings. The van der Waals surface area contributed by atoms with Crippen LogP contribution in [0.2, 0.25) is 5.02 Å². The van der Waals surface area contributed by atoms with Gasteiger partial charge in [-0.1, -0.05) is 41.6 Å². The Morgan fingerprint density at radius 3 is 2.64 bits per heavy atom. The summed E-state index contributed by atoms with van der Waals surface area (Å²) in [5, 5.41) is 5.54. The van der Waals surface area contributed by atoms with Gasteiger partial charge in [-0.2, -0.15) is 5.10 Å². The van der Waals surface area contributed by atoms with Crippen molar-refractivity contribution in [2.45, 2.75) is 42.0 Å². The summed E-state index contributed by atoms with van der Waals surface area (Å²) in [6.07, 6.45) is 7.40. The molecule has 0 amide bonds. The Morgan fingerprint density at radius 1 is 1.14 bits per heavy atom. The van der Waals surface area contributed by atoms with Gasteiger partial charge < -0.3 is 4.57 Å². The van der Waals surface area contributed by atoms with Crippen LogP contribution in [0.25, 0.3) is 16.6 Å². The van der Waals surface area contributed by atoms with Crippen molar-refractivity contribution in [3.05, 3.63) is 71.4 Å². The monoisotopic (exact) mass is 411 g/mol. The molecule has 1 aliphatic rings. The van der Waals surface area contributed by atoms with Crippen molar-refractivity contribution < 1.29 is 4.39 Å². The number of hydrogen-bond donors (Lipinski definition) is 0. The molecule has 0 aliphatic heterocycles. The van der Waals surface area contributed by atoms with Gasteiger partial charge in [-0.05, 0) is 50.5 Å². The molecule has 2 aromatic carbocycles. The Balaban J connectivity index is 1.70. The molecule has 142 valence electrons. The first-order valence-electron chi connectivity index (χ1n) is 9.40. The number of hydrogen-bond acceptors (Lipinski definition) is 2. The molecule has 5 rings (SSSR count). The van der Waals surface area contributed by atoms with Crippen LogP contribution in [-0.4, -0.2) is 14.3 Å². The van der Waals surface area contributed by atoms with Gasteiger partial charge in [-0.3, -0.25) is 4.68 Å². The number of halogens is 2. The molecule has 1 saturated carbocycles. The second kappa shape index (κ2) is 6.98. The average molecular weight is 412 g/mol. The summed E-state index contributed by atoms with van der Waals surface area (Å²) in [7, 11) is 0. The lowest BCUT2D eigenvalue weighted by molar-refractivity contribution is 0.289. The fraction of sp³-hybridized carbons (Fsp3) is 0.227. The summed E-state index contributed by atoms with van der Waals surface area (Å²) < 4.78 is 19.1. The zero-order chi connectivity index (χ0) is 19.3. The van der Waals surface area contributed by atoms with E-state index in [0.29, 0.717) is 11.6 Å². The molecule has 28 heavy (non-hydrogen) atoms. The molecular formula is C22H19ClFN3S. The summed E-state index contributed by atoms with van der Waals surface area (Å²) in [5.41, 5.74) is 2.37. The second-order valence-electron chi connectivity index (χ2n) is 7.19. The molecule has 0 spiro atoms. The maximum atomic E-state index is 15.1. The molecule has 2 heterocycles. The van der Waals surface area contributed by atoms with Crippen molar-refractivity contribution in [1.82, 2.24) is 14.3 Å². The van der Waals surface area contributed by atoms with Crippen molar-refractivity contribution in [1.29, 1.82) is 0 Å². The first-order valence-corrected chi connectivity index (χ1v) is 10.6. The van der Waals surface area contributed by atoms with E-state index in [1.807, 2.05) is 52.8 Å². The molecule has 0 atom stereocenters. The number of aromatic nitrogens is 3. The summed E-state index contributed by atoms with van der Waals surface area (Å²) in [6, 6.07) is 14.1. The van der Waals surface area contributed by atoms with Crippen LogP contribution in [0.15, 0.2) is 64.6 Å². The highest BCUT2D eigenvalue weighted by Gasteiger charge is 2.24. The van der Waals surface area contributed by atoms with Crippen molar-refractivity contribution in [3.8, 4) is 5.69 Å². The van der Waals surface area contributed by atoms with Crippen LogP contribution in [0.1, 0.15) is 31.0 Å². The summed E-state index contributed by atoms with van der Waals surface area (Å²) in [4.78, 5) is 2.15. The van der Waals surface area contributed by atoms with E-state index in [0.717, 1.165) is 39.4 Å². The minimum absolute atomic E-state index is 0.133. The molecule has 0 radical (unpaired) electrons. The predicted octanol–water partition coefficient (Wildman–Crippen LogP) is 6.80. The number of rotatable bonds is 4.